The van der Waals surface area contributed by atoms with Gasteiger partial charge in [0.25, 0.3) is 5.69 Å². The van der Waals surface area contributed by atoms with Gasteiger partial charge in [-0.15, -0.1) is 0 Å². The van der Waals surface area contributed by atoms with E-state index in [1.165, 1.54) is 22.7 Å². The molecule has 1 saturated heterocycles. The Labute approximate surface area is 168 Å². The van der Waals surface area contributed by atoms with Crippen LogP contribution in [0.1, 0.15) is 5.76 Å². The van der Waals surface area contributed by atoms with Crippen LogP contribution in [-0.2, 0) is 21.2 Å². The number of sulfonamides is 1. The Morgan fingerprint density at radius 2 is 2.03 bits per heavy atom. The van der Waals surface area contributed by atoms with Crippen LogP contribution in [0.25, 0.3) is 0 Å². The Morgan fingerprint density at radius 1 is 1.28 bits per heavy atom. The molecule has 1 aromatic heterocycles. The normalized spacial score (nSPS) is 16.4. The number of nitrogens with one attached hydrogen (secondary N) is 1. The van der Waals surface area contributed by atoms with Gasteiger partial charge < -0.3 is 19.6 Å². The second kappa shape index (κ2) is 9.35. The Bertz CT molecular complexity index is 925. The highest BCUT2D eigenvalue weighted by atomic mass is 32.2. The number of hydrogen-bond donors (Lipinski definition) is 2. The van der Waals surface area contributed by atoms with Gasteiger partial charge in [0.15, 0.2) is 0 Å². The standard InChI is InChI=1S/C18H23N3O7S/c22-13-14(10-15-2-1-7-28-15)12-19-17-4-3-16(11-18(17)21(23)24)29(25,26)20-5-8-27-9-6-20/h1-4,7,11,14,19,22H,5-6,8-10,12-13H2/t14-/m0/s1. The lowest BCUT2D eigenvalue weighted by Gasteiger charge is -2.26. The lowest BCUT2D eigenvalue weighted by atomic mass is 10.0. The molecule has 2 aromatic rings. The number of furan rings is 1. The van der Waals surface area contributed by atoms with E-state index >= 15 is 0 Å². The van der Waals surface area contributed by atoms with Crippen molar-refractivity contribution >= 4 is 21.4 Å². The Morgan fingerprint density at radius 3 is 2.66 bits per heavy atom. The zero-order valence-electron chi connectivity index (χ0n) is 15.7. The molecule has 0 bridgehead atoms. The number of rotatable bonds is 9. The van der Waals surface area contributed by atoms with Crippen LogP contribution < -0.4 is 5.32 Å². The number of morpholine rings is 1. The number of hydrogen-bond acceptors (Lipinski definition) is 8. The minimum Gasteiger partial charge on any atom is -0.469 e. The molecule has 0 amide bonds. The fourth-order valence-electron chi connectivity index (χ4n) is 3.08. The third-order valence-electron chi connectivity index (χ3n) is 4.68. The minimum atomic E-state index is -3.84. The fourth-order valence-corrected chi connectivity index (χ4v) is 4.51. The van der Waals surface area contributed by atoms with E-state index in [-0.39, 0.29) is 48.4 Å². The highest BCUT2D eigenvalue weighted by Crippen LogP contribution is 2.29. The highest BCUT2D eigenvalue weighted by Gasteiger charge is 2.29. The zero-order chi connectivity index (χ0) is 20.9. The van der Waals surface area contributed by atoms with Gasteiger partial charge in [0.05, 0.1) is 29.3 Å². The average molecular weight is 425 g/mol. The van der Waals surface area contributed by atoms with Gasteiger partial charge in [-0.2, -0.15) is 4.31 Å². The average Bonchev–Trinajstić information content (AvgIpc) is 3.24. The molecule has 10 nitrogen and oxygen atoms in total. The molecular formula is C18H23N3O7S. The number of aliphatic hydroxyl groups excluding tert-OH is 1. The number of ether oxygens (including phenoxy) is 1. The summed E-state index contributed by atoms with van der Waals surface area (Å²) in [5.74, 6) is 0.477. The van der Waals surface area contributed by atoms with Crippen LogP contribution in [0, 0.1) is 16.0 Å². The molecular weight excluding hydrogens is 402 g/mol. The lowest BCUT2D eigenvalue weighted by Crippen LogP contribution is -2.40. The van der Waals surface area contributed by atoms with Crippen LogP contribution in [-0.4, -0.2) is 62.2 Å². The molecule has 0 saturated carbocycles. The number of nitrogens with zero attached hydrogens (tertiary/aromatic N) is 2. The van der Waals surface area contributed by atoms with Gasteiger partial charge in [0.1, 0.15) is 11.4 Å². The monoisotopic (exact) mass is 425 g/mol. The van der Waals surface area contributed by atoms with Crippen LogP contribution in [0.15, 0.2) is 45.9 Å². The van der Waals surface area contributed by atoms with E-state index in [1.54, 1.807) is 12.1 Å². The summed E-state index contributed by atoms with van der Waals surface area (Å²) in [5, 5.41) is 24.0. The Kier molecular flexibility index (Phi) is 6.85. The van der Waals surface area contributed by atoms with E-state index in [2.05, 4.69) is 5.32 Å². The number of nitro groups is 1. The van der Waals surface area contributed by atoms with Crippen LogP contribution in [0.2, 0.25) is 0 Å². The first-order valence-electron chi connectivity index (χ1n) is 9.15. The largest absolute Gasteiger partial charge is 0.469 e. The van der Waals surface area contributed by atoms with Crippen molar-refractivity contribution in [1.82, 2.24) is 4.31 Å². The molecule has 3 rings (SSSR count). The van der Waals surface area contributed by atoms with Gasteiger partial charge in [-0.1, -0.05) is 0 Å². The summed E-state index contributed by atoms with van der Waals surface area (Å²) in [6.45, 7) is 1.12. The first-order chi connectivity index (χ1) is 13.9. The molecule has 0 aliphatic carbocycles. The summed E-state index contributed by atoms with van der Waals surface area (Å²) < 4.78 is 37.2. The van der Waals surface area contributed by atoms with Crippen molar-refractivity contribution in [3.63, 3.8) is 0 Å². The first-order valence-corrected chi connectivity index (χ1v) is 10.6. The molecule has 158 valence electrons. The van der Waals surface area contributed by atoms with Crippen LogP contribution in [0.3, 0.4) is 0 Å². The number of benzene rings is 1. The number of aliphatic hydroxyl groups is 1. The maximum Gasteiger partial charge on any atom is 0.293 e. The third-order valence-corrected chi connectivity index (χ3v) is 6.58. The van der Waals surface area contributed by atoms with E-state index in [0.717, 1.165) is 6.07 Å². The van der Waals surface area contributed by atoms with E-state index in [4.69, 9.17) is 9.15 Å². The second-order valence-corrected chi connectivity index (χ2v) is 8.60. The molecule has 2 N–H and O–H groups in total. The van der Waals surface area contributed by atoms with Gasteiger partial charge in [0.2, 0.25) is 10.0 Å². The first kappa shape index (κ1) is 21.2. The minimum absolute atomic E-state index is 0.133. The van der Waals surface area contributed by atoms with Gasteiger partial charge >= 0.3 is 0 Å². The van der Waals surface area contributed by atoms with Gasteiger partial charge in [-0.25, -0.2) is 8.42 Å². The number of nitro benzene ring substituents is 1. The van der Waals surface area contributed by atoms with Crippen LogP contribution in [0.5, 0.6) is 0 Å². The summed E-state index contributed by atoms with van der Waals surface area (Å²) >= 11 is 0. The van der Waals surface area contributed by atoms with Crippen molar-refractivity contribution < 1.29 is 27.6 Å². The van der Waals surface area contributed by atoms with Crippen molar-refractivity contribution in [2.24, 2.45) is 5.92 Å². The van der Waals surface area contributed by atoms with Crippen molar-refractivity contribution in [3.8, 4) is 0 Å². The Balaban J connectivity index is 1.76. The fraction of sp³-hybridized carbons (Fsp3) is 0.444. The van der Waals surface area contributed by atoms with Crippen molar-refractivity contribution in [1.29, 1.82) is 0 Å². The molecule has 1 aliphatic heterocycles. The molecule has 1 aromatic carbocycles. The molecule has 0 radical (unpaired) electrons. The van der Waals surface area contributed by atoms with Crippen LogP contribution >= 0.6 is 0 Å². The molecule has 11 heteroatoms. The molecule has 1 fully saturated rings. The maximum atomic E-state index is 12.7. The quantitative estimate of drug-likeness (QED) is 0.455. The molecule has 2 heterocycles. The molecule has 29 heavy (non-hydrogen) atoms. The van der Waals surface area contributed by atoms with Crippen molar-refractivity contribution in [2.75, 3.05) is 44.8 Å². The molecule has 0 unspecified atom stereocenters. The predicted molar refractivity (Wildman–Crippen MR) is 104 cm³/mol. The predicted octanol–water partition coefficient (Wildman–Crippen LogP) is 1.47. The maximum absolute atomic E-state index is 12.7. The van der Waals surface area contributed by atoms with Crippen molar-refractivity contribution in [3.05, 3.63) is 52.5 Å². The summed E-state index contributed by atoms with van der Waals surface area (Å²) in [5.41, 5.74) is -0.150. The number of anilines is 1. The van der Waals surface area contributed by atoms with Crippen molar-refractivity contribution in [2.45, 2.75) is 11.3 Å². The summed E-state index contributed by atoms with van der Waals surface area (Å²) in [4.78, 5) is 10.8. The summed E-state index contributed by atoms with van der Waals surface area (Å²) in [7, 11) is -3.84. The third kappa shape index (κ3) is 5.12. The zero-order valence-corrected chi connectivity index (χ0v) is 16.5. The van der Waals surface area contributed by atoms with E-state index in [1.807, 2.05) is 0 Å². The topological polar surface area (TPSA) is 135 Å². The van der Waals surface area contributed by atoms with E-state index < -0.39 is 14.9 Å². The van der Waals surface area contributed by atoms with E-state index in [0.29, 0.717) is 25.4 Å². The summed E-state index contributed by atoms with van der Waals surface area (Å²) in [6.07, 6.45) is 2.00. The smallest absolute Gasteiger partial charge is 0.293 e. The highest BCUT2D eigenvalue weighted by molar-refractivity contribution is 7.89. The summed E-state index contributed by atoms with van der Waals surface area (Å²) in [6, 6.07) is 7.33. The molecule has 0 spiro atoms. The van der Waals surface area contributed by atoms with Gasteiger partial charge in [-0.3, -0.25) is 10.1 Å². The Hall–Kier alpha value is -2.47. The molecule has 1 atom stereocenters. The lowest BCUT2D eigenvalue weighted by molar-refractivity contribution is -0.384. The van der Waals surface area contributed by atoms with Gasteiger partial charge in [0, 0.05) is 44.6 Å². The second-order valence-electron chi connectivity index (χ2n) is 6.67. The molecule has 1 aliphatic rings. The van der Waals surface area contributed by atoms with Crippen LogP contribution in [0.4, 0.5) is 11.4 Å². The van der Waals surface area contributed by atoms with E-state index in [9.17, 15) is 23.6 Å². The SMILES string of the molecule is O=[N+]([O-])c1cc(S(=O)(=O)N2CCOCC2)ccc1NC[C@@H](CO)Cc1ccco1. The van der Waals surface area contributed by atoms with Gasteiger partial charge in [-0.05, 0) is 24.3 Å².